The molecule has 0 bridgehead atoms. The van der Waals surface area contributed by atoms with E-state index >= 15 is 0 Å². The Balaban J connectivity index is 1.78. The lowest BCUT2D eigenvalue weighted by Crippen LogP contribution is -2.51. The summed E-state index contributed by atoms with van der Waals surface area (Å²) in [7, 11) is 0. The topological polar surface area (TPSA) is 68.5 Å². The van der Waals surface area contributed by atoms with Crippen LogP contribution < -0.4 is 10.5 Å². The maximum absolute atomic E-state index is 12.9. The van der Waals surface area contributed by atoms with Crippen LogP contribution in [-0.2, 0) is 0 Å². The van der Waals surface area contributed by atoms with Crippen molar-refractivity contribution in [3.63, 3.8) is 0 Å². The second kappa shape index (κ2) is 7.45. The van der Waals surface area contributed by atoms with Gasteiger partial charge in [0, 0.05) is 36.6 Å². The van der Waals surface area contributed by atoms with E-state index in [4.69, 9.17) is 10.5 Å². The van der Waals surface area contributed by atoms with Crippen molar-refractivity contribution in [3.8, 4) is 11.5 Å². The van der Waals surface area contributed by atoms with Gasteiger partial charge in [-0.15, -0.1) is 0 Å². The zero-order valence-corrected chi connectivity index (χ0v) is 13.9. The van der Waals surface area contributed by atoms with Gasteiger partial charge in [0.05, 0.1) is 0 Å². The summed E-state index contributed by atoms with van der Waals surface area (Å²) in [6.07, 6.45) is 6.47. The number of hydrogen-bond donors (Lipinski definition) is 1. The van der Waals surface area contributed by atoms with Gasteiger partial charge in [-0.1, -0.05) is 6.07 Å². The van der Waals surface area contributed by atoms with Crippen molar-refractivity contribution >= 4 is 5.91 Å². The number of rotatable bonds is 4. The van der Waals surface area contributed by atoms with Gasteiger partial charge in [0.25, 0.3) is 5.91 Å². The number of piperidine rings is 1. The highest BCUT2D eigenvalue weighted by atomic mass is 16.5. The molecule has 1 aliphatic rings. The highest BCUT2D eigenvalue weighted by Gasteiger charge is 2.29. The number of carbonyl (C=O) groups excluding carboxylic acids is 1. The third-order valence-corrected chi connectivity index (χ3v) is 4.38. The highest BCUT2D eigenvalue weighted by molar-refractivity contribution is 5.95. The van der Waals surface area contributed by atoms with Gasteiger partial charge in [0.1, 0.15) is 11.5 Å². The standard InChI is InChI=1S/C19H23N3O2/c1-14(20)18-7-2-3-12-22(18)19(23)15-5-4-6-17(13-15)24-16-8-10-21-11-9-16/h4-6,8-11,13-14,18H,2-3,7,12,20H2,1H3. The number of ether oxygens (including phenoxy) is 1. The minimum Gasteiger partial charge on any atom is -0.457 e. The highest BCUT2D eigenvalue weighted by Crippen LogP contribution is 2.25. The fraction of sp³-hybridized carbons (Fsp3) is 0.368. The fourth-order valence-corrected chi connectivity index (χ4v) is 3.16. The Bertz CT molecular complexity index is 688. The van der Waals surface area contributed by atoms with Crippen molar-refractivity contribution in [1.29, 1.82) is 0 Å². The fourth-order valence-electron chi connectivity index (χ4n) is 3.16. The number of nitrogens with zero attached hydrogens (tertiary/aromatic N) is 2. The Morgan fingerprint density at radius 2 is 2.04 bits per heavy atom. The Kier molecular flexibility index (Phi) is 5.11. The molecule has 24 heavy (non-hydrogen) atoms. The predicted molar refractivity (Wildman–Crippen MR) is 93.1 cm³/mol. The smallest absolute Gasteiger partial charge is 0.254 e. The van der Waals surface area contributed by atoms with Crippen LogP contribution in [0.3, 0.4) is 0 Å². The minimum absolute atomic E-state index is 0.0227. The van der Waals surface area contributed by atoms with Crippen molar-refractivity contribution in [2.24, 2.45) is 5.73 Å². The molecule has 5 heteroatoms. The van der Waals surface area contributed by atoms with Gasteiger partial charge in [-0.25, -0.2) is 0 Å². The van der Waals surface area contributed by atoms with Crippen LogP contribution in [0.1, 0.15) is 36.5 Å². The van der Waals surface area contributed by atoms with Crippen molar-refractivity contribution in [2.45, 2.75) is 38.3 Å². The summed E-state index contributed by atoms with van der Waals surface area (Å²) in [4.78, 5) is 18.8. The van der Waals surface area contributed by atoms with Crippen molar-refractivity contribution in [2.75, 3.05) is 6.54 Å². The average molecular weight is 325 g/mol. The van der Waals surface area contributed by atoms with E-state index < -0.39 is 0 Å². The molecule has 2 atom stereocenters. The van der Waals surface area contributed by atoms with Crippen LogP contribution in [0.15, 0.2) is 48.8 Å². The second-order valence-electron chi connectivity index (χ2n) is 6.23. The molecule has 2 N–H and O–H groups in total. The quantitative estimate of drug-likeness (QED) is 0.937. The summed E-state index contributed by atoms with van der Waals surface area (Å²) in [5.74, 6) is 1.36. The Hall–Kier alpha value is -2.40. The first-order valence-corrected chi connectivity index (χ1v) is 8.39. The van der Waals surface area contributed by atoms with E-state index in [-0.39, 0.29) is 18.0 Å². The van der Waals surface area contributed by atoms with E-state index in [1.807, 2.05) is 30.0 Å². The maximum Gasteiger partial charge on any atom is 0.254 e. The number of amides is 1. The molecule has 5 nitrogen and oxygen atoms in total. The van der Waals surface area contributed by atoms with Gasteiger partial charge in [0.2, 0.25) is 0 Å². The summed E-state index contributed by atoms with van der Waals surface area (Å²) < 4.78 is 5.80. The van der Waals surface area contributed by atoms with Gasteiger partial charge in [-0.05, 0) is 56.5 Å². The minimum atomic E-state index is -0.0227. The van der Waals surface area contributed by atoms with Crippen LogP contribution >= 0.6 is 0 Å². The largest absolute Gasteiger partial charge is 0.457 e. The van der Waals surface area contributed by atoms with Gasteiger partial charge in [0.15, 0.2) is 0 Å². The number of aromatic nitrogens is 1. The van der Waals surface area contributed by atoms with Gasteiger partial charge in [-0.3, -0.25) is 9.78 Å². The third-order valence-electron chi connectivity index (χ3n) is 4.38. The van der Waals surface area contributed by atoms with Crippen LogP contribution in [0, 0.1) is 0 Å². The van der Waals surface area contributed by atoms with Crippen LogP contribution in [-0.4, -0.2) is 34.4 Å². The van der Waals surface area contributed by atoms with E-state index in [9.17, 15) is 4.79 Å². The molecule has 0 aliphatic carbocycles. The number of likely N-dealkylation sites (tertiary alicyclic amines) is 1. The van der Waals surface area contributed by atoms with E-state index in [1.54, 1.807) is 30.6 Å². The first-order chi connectivity index (χ1) is 11.6. The Labute approximate surface area is 142 Å². The predicted octanol–water partition coefficient (Wildman–Crippen LogP) is 3.22. The maximum atomic E-state index is 12.9. The molecule has 1 aromatic carbocycles. The molecule has 1 fully saturated rings. The van der Waals surface area contributed by atoms with E-state index in [0.717, 1.165) is 25.8 Å². The molecule has 1 aromatic heterocycles. The normalized spacial score (nSPS) is 18.9. The molecule has 1 amide bonds. The average Bonchev–Trinajstić information content (AvgIpc) is 2.62. The summed E-state index contributed by atoms with van der Waals surface area (Å²) in [6, 6.07) is 11.0. The van der Waals surface area contributed by atoms with E-state index in [1.165, 1.54) is 0 Å². The molecule has 3 rings (SSSR count). The van der Waals surface area contributed by atoms with Gasteiger partial charge < -0.3 is 15.4 Å². The second-order valence-corrected chi connectivity index (χ2v) is 6.23. The van der Waals surface area contributed by atoms with Crippen LogP contribution in [0.4, 0.5) is 0 Å². The zero-order valence-electron chi connectivity index (χ0n) is 13.9. The lowest BCUT2D eigenvalue weighted by atomic mass is 9.96. The molecule has 2 heterocycles. The molecule has 1 saturated heterocycles. The molecule has 1 aliphatic heterocycles. The summed E-state index contributed by atoms with van der Waals surface area (Å²) in [5.41, 5.74) is 6.71. The first-order valence-electron chi connectivity index (χ1n) is 8.39. The lowest BCUT2D eigenvalue weighted by Gasteiger charge is -2.38. The molecule has 0 spiro atoms. The number of carbonyl (C=O) groups is 1. The lowest BCUT2D eigenvalue weighted by molar-refractivity contribution is 0.0583. The molecule has 0 radical (unpaired) electrons. The van der Waals surface area contributed by atoms with E-state index in [2.05, 4.69) is 4.98 Å². The van der Waals surface area contributed by atoms with Crippen molar-refractivity contribution in [3.05, 3.63) is 54.4 Å². The Morgan fingerprint density at radius 3 is 2.79 bits per heavy atom. The Morgan fingerprint density at radius 1 is 1.25 bits per heavy atom. The summed E-state index contributed by atoms with van der Waals surface area (Å²) in [6.45, 7) is 2.74. The van der Waals surface area contributed by atoms with E-state index in [0.29, 0.717) is 17.1 Å². The van der Waals surface area contributed by atoms with Crippen molar-refractivity contribution in [1.82, 2.24) is 9.88 Å². The van der Waals surface area contributed by atoms with Crippen LogP contribution in [0.25, 0.3) is 0 Å². The molecular weight excluding hydrogens is 302 g/mol. The summed E-state index contributed by atoms with van der Waals surface area (Å²) in [5, 5.41) is 0. The molecule has 0 saturated carbocycles. The monoisotopic (exact) mass is 325 g/mol. The molecular formula is C19H23N3O2. The molecule has 2 aromatic rings. The SMILES string of the molecule is CC(N)C1CCCCN1C(=O)c1cccc(Oc2ccncc2)c1. The van der Waals surface area contributed by atoms with Crippen molar-refractivity contribution < 1.29 is 9.53 Å². The number of nitrogens with two attached hydrogens (primary N) is 1. The molecule has 2 unspecified atom stereocenters. The number of pyridine rings is 1. The third kappa shape index (κ3) is 3.74. The molecule has 126 valence electrons. The van der Waals surface area contributed by atoms with Crippen LogP contribution in [0.5, 0.6) is 11.5 Å². The van der Waals surface area contributed by atoms with Gasteiger partial charge >= 0.3 is 0 Å². The first kappa shape index (κ1) is 16.5. The van der Waals surface area contributed by atoms with Gasteiger partial charge in [-0.2, -0.15) is 0 Å². The zero-order chi connectivity index (χ0) is 16.9. The number of benzene rings is 1. The van der Waals surface area contributed by atoms with Crippen LogP contribution in [0.2, 0.25) is 0 Å². The summed E-state index contributed by atoms with van der Waals surface area (Å²) >= 11 is 0. The number of hydrogen-bond acceptors (Lipinski definition) is 4.